The second kappa shape index (κ2) is 7.00. The summed E-state index contributed by atoms with van der Waals surface area (Å²) < 4.78 is 2.01. The van der Waals surface area contributed by atoms with Crippen LogP contribution in [-0.2, 0) is 4.79 Å². The molecule has 2 aromatic heterocycles. The van der Waals surface area contributed by atoms with Gasteiger partial charge in [-0.25, -0.2) is 0 Å². The van der Waals surface area contributed by atoms with Gasteiger partial charge < -0.3 is 14.7 Å². The van der Waals surface area contributed by atoms with Crippen LogP contribution in [0.2, 0.25) is 0 Å². The number of pyridine rings is 1. The third-order valence-electron chi connectivity index (χ3n) is 5.48. The second-order valence-corrected chi connectivity index (χ2v) is 6.97. The first kappa shape index (κ1) is 16.3. The van der Waals surface area contributed by atoms with Crippen LogP contribution in [0.5, 0.6) is 0 Å². The number of likely N-dealkylation sites (N-methyl/N-ethyl adjacent to an activating group) is 1. The Kier molecular flexibility index (Phi) is 4.57. The molecule has 0 N–H and O–H groups in total. The Morgan fingerprint density at radius 2 is 2.00 bits per heavy atom. The van der Waals surface area contributed by atoms with Crippen molar-refractivity contribution in [3.05, 3.63) is 24.4 Å². The second-order valence-electron chi connectivity index (χ2n) is 6.97. The Labute approximate surface area is 148 Å². The van der Waals surface area contributed by atoms with Gasteiger partial charge in [0.25, 0.3) is 0 Å². The lowest BCUT2D eigenvalue weighted by molar-refractivity contribution is -0.137. The van der Waals surface area contributed by atoms with Crippen molar-refractivity contribution >= 4 is 17.5 Å². The maximum atomic E-state index is 13.0. The van der Waals surface area contributed by atoms with E-state index in [4.69, 9.17) is 0 Å². The maximum absolute atomic E-state index is 13.0. The number of carbonyl (C=O) groups excluding carboxylic acids is 1. The van der Waals surface area contributed by atoms with Crippen molar-refractivity contribution in [2.24, 2.45) is 5.92 Å². The first-order chi connectivity index (χ1) is 12.3. The molecule has 4 heterocycles. The van der Waals surface area contributed by atoms with Gasteiger partial charge in [0.05, 0.1) is 5.92 Å². The fourth-order valence-electron chi connectivity index (χ4n) is 3.95. The third-order valence-corrected chi connectivity index (χ3v) is 5.48. The topological polar surface area (TPSA) is 57.0 Å². The van der Waals surface area contributed by atoms with E-state index < -0.39 is 0 Å². The Balaban J connectivity index is 1.45. The van der Waals surface area contributed by atoms with Gasteiger partial charge in [0.15, 0.2) is 5.65 Å². The van der Waals surface area contributed by atoms with E-state index in [1.165, 1.54) is 0 Å². The van der Waals surface area contributed by atoms with Crippen molar-refractivity contribution in [3.8, 4) is 0 Å². The van der Waals surface area contributed by atoms with Gasteiger partial charge in [0.2, 0.25) is 11.9 Å². The lowest BCUT2D eigenvalue weighted by atomic mass is 9.96. The molecule has 2 aliphatic heterocycles. The number of piperidine rings is 1. The number of fused-ring (bicyclic) bond motifs is 1. The van der Waals surface area contributed by atoms with Gasteiger partial charge >= 0.3 is 0 Å². The van der Waals surface area contributed by atoms with E-state index in [1.54, 1.807) is 0 Å². The highest BCUT2D eigenvalue weighted by Crippen LogP contribution is 2.24. The fraction of sp³-hybridized carbons (Fsp3) is 0.611. The third kappa shape index (κ3) is 3.20. The summed E-state index contributed by atoms with van der Waals surface area (Å²) in [6, 6.07) is 5.90. The minimum Gasteiger partial charge on any atom is -0.340 e. The van der Waals surface area contributed by atoms with Crippen LogP contribution >= 0.6 is 0 Å². The zero-order chi connectivity index (χ0) is 17.2. The van der Waals surface area contributed by atoms with Crippen LogP contribution < -0.4 is 4.90 Å². The van der Waals surface area contributed by atoms with Crippen LogP contribution in [0.1, 0.15) is 19.8 Å². The average molecular weight is 342 g/mol. The van der Waals surface area contributed by atoms with E-state index in [2.05, 4.69) is 31.8 Å². The predicted octanol–water partition coefficient (Wildman–Crippen LogP) is 1.11. The summed E-state index contributed by atoms with van der Waals surface area (Å²) in [7, 11) is 0. The molecule has 2 fully saturated rings. The zero-order valence-electron chi connectivity index (χ0n) is 14.8. The van der Waals surface area contributed by atoms with Gasteiger partial charge in [-0.2, -0.15) is 0 Å². The fourth-order valence-corrected chi connectivity index (χ4v) is 3.95. The van der Waals surface area contributed by atoms with Gasteiger partial charge in [0, 0.05) is 45.5 Å². The molecule has 4 rings (SSSR count). The average Bonchev–Trinajstić information content (AvgIpc) is 3.12. The van der Waals surface area contributed by atoms with Crippen molar-refractivity contribution in [2.75, 3.05) is 50.7 Å². The normalized spacial score (nSPS) is 22.5. The van der Waals surface area contributed by atoms with Gasteiger partial charge in [0.1, 0.15) is 0 Å². The molecule has 2 aromatic rings. The van der Waals surface area contributed by atoms with Crippen molar-refractivity contribution in [1.29, 1.82) is 0 Å². The molecule has 0 aliphatic carbocycles. The standard InChI is InChI=1S/C18H26N6O/c1-2-21-10-12-22(13-11-21)17(25)15-6-5-8-23(14-15)18-20-19-16-7-3-4-9-24(16)18/h3-4,7,9,15H,2,5-6,8,10-14H2,1H3/t15-/m1/s1. The maximum Gasteiger partial charge on any atom is 0.231 e. The largest absolute Gasteiger partial charge is 0.340 e. The van der Waals surface area contributed by atoms with Gasteiger partial charge in [-0.05, 0) is 31.5 Å². The van der Waals surface area contributed by atoms with E-state index in [-0.39, 0.29) is 5.92 Å². The molecule has 0 radical (unpaired) electrons. The number of anilines is 1. The lowest BCUT2D eigenvalue weighted by Gasteiger charge is -2.38. The van der Waals surface area contributed by atoms with E-state index in [9.17, 15) is 4.79 Å². The summed E-state index contributed by atoms with van der Waals surface area (Å²) in [5.41, 5.74) is 0.849. The minimum absolute atomic E-state index is 0.0676. The van der Waals surface area contributed by atoms with Crippen LogP contribution in [0.4, 0.5) is 5.95 Å². The minimum atomic E-state index is 0.0676. The molecular weight excluding hydrogens is 316 g/mol. The highest BCUT2D eigenvalue weighted by atomic mass is 16.2. The lowest BCUT2D eigenvalue weighted by Crippen LogP contribution is -2.52. The molecule has 0 saturated carbocycles. The Morgan fingerprint density at radius 1 is 1.16 bits per heavy atom. The first-order valence-corrected chi connectivity index (χ1v) is 9.32. The van der Waals surface area contributed by atoms with Crippen molar-refractivity contribution < 1.29 is 4.79 Å². The summed E-state index contributed by atoms with van der Waals surface area (Å²) in [6.07, 6.45) is 3.98. The molecule has 0 unspecified atom stereocenters. The number of carbonyl (C=O) groups is 1. The van der Waals surface area contributed by atoms with E-state index in [0.29, 0.717) is 5.91 Å². The Morgan fingerprint density at radius 3 is 2.80 bits per heavy atom. The number of rotatable bonds is 3. The van der Waals surface area contributed by atoms with E-state index in [1.807, 2.05) is 28.8 Å². The van der Waals surface area contributed by atoms with Crippen LogP contribution in [0.25, 0.3) is 5.65 Å². The van der Waals surface area contributed by atoms with Crippen molar-refractivity contribution in [2.45, 2.75) is 19.8 Å². The summed E-state index contributed by atoms with van der Waals surface area (Å²) in [4.78, 5) is 19.6. The Bertz CT molecular complexity index is 736. The number of hydrogen-bond acceptors (Lipinski definition) is 5. The monoisotopic (exact) mass is 342 g/mol. The SMILES string of the molecule is CCN1CCN(C(=O)[C@@H]2CCCN(c3nnc4ccccn34)C2)CC1. The molecule has 7 heteroatoms. The van der Waals surface area contributed by atoms with Gasteiger partial charge in [-0.1, -0.05) is 13.0 Å². The Hall–Kier alpha value is -2.15. The zero-order valence-corrected chi connectivity index (χ0v) is 14.8. The number of amides is 1. The quantitative estimate of drug-likeness (QED) is 0.836. The first-order valence-electron chi connectivity index (χ1n) is 9.32. The summed E-state index contributed by atoms with van der Waals surface area (Å²) >= 11 is 0. The molecule has 7 nitrogen and oxygen atoms in total. The molecule has 1 amide bonds. The highest BCUT2D eigenvalue weighted by molar-refractivity contribution is 5.80. The summed E-state index contributed by atoms with van der Waals surface area (Å²) in [6.45, 7) is 8.62. The smallest absolute Gasteiger partial charge is 0.231 e. The van der Waals surface area contributed by atoms with Crippen LogP contribution in [-0.4, -0.2) is 76.1 Å². The number of hydrogen-bond donors (Lipinski definition) is 0. The van der Waals surface area contributed by atoms with Crippen molar-refractivity contribution in [1.82, 2.24) is 24.4 Å². The summed E-state index contributed by atoms with van der Waals surface area (Å²) in [5.74, 6) is 1.23. The van der Waals surface area contributed by atoms with Crippen LogP contribution in [0.15, 0.2) is 24.4 Å². The molecule has 0 spiro atoms. The van der Waals surface area contributed by atoms with Crippen LogP contribution in [0.3, 0.4) is 0 Å². The molecule has 25 heavy (non-hydrogen) atoms. The number of piperazine rings is 1. The summed E-state index contributed by atoms with van der Waals surface area (Å²) in [5, 5.41) is 8.60. The molecule has 134 valence electrons. The molecule has 0 aromatic carbocycles. The highest BCUT2D eigenvalue weighted by Gasteiger charge is 2.32. The number of aromatic nitrogens is 3. The van der Waals surface area contributed by atoms with Gasteiger partial charge in [-0.3, -0.25) is 9.20 Å². The van der Waals surface area contributed by atoms with Crippen molar-refractivity contribution in [3.63, 3.8) is 0 Å². The molecule has 1 atom stereocenters. The molecule has 2 saturated heterocycles. The molecular formula is C18H26N6O. The number of nitrogens with zero attached hydrogens (tertiary/aromatic N) is 6. The van der Waals surface area contributed by atoms with E-state index in [0.717, 1.165) is 70.3 Å². The van der Waals surface area contributed by atoms with Crippen LogP contribution in [0, 0.1) is 5.92 Å². The van der Waals surface area contributed by atoms with E-state index >= 15 is 0 Å². The molecule has 2 aliphatic rings. The molecule has 0 bridgehead atoms. The predicted molar refractivity (Wildman–Crippen MR) is 96.6 cm³/mol. The van der Waals surface area contributed by atoms with Gasteiger partial charge in [-0.15, -0.1) is 10.2 Å².